The smallest absolute Gasteiger partial charge is 0.229 e. The van der Waals surface area contributed by atoms with Crippen molar-refractivity contribution in [2.24, 2.45) is 11.3 Å². The van der Waals surface area contributed by atoms with Crippen LogP contribution >= 0.6 is 11.6 Å². The van der Waals surface area contributed by atoms with E-state index in [0.717, 1.165) is 48.8 Å². The van der Waals surface area contributed by atoms with Gasteiger partial charge in [-0.15, -0.1) is 0 Å². The number of aliphatic hydroxyl groups excluding tert-OH is 1. The Balaban J connectivity index is 1.18. The first-order valence-corrected chi connectivity index (χ1v) is 13.3. The van der Waals surface area contributed by atoms with Crippen LogP contribution in [-0.2, 0) is 14.3 Å². The second-order valence-corrected chi connectivity index (χ2v) is 11.7. The number of rotatable bonds is 4. The lowest BCUT2D eigenvalue weighted by molar-refractivity contribution is -0.118. The van der Waals surface area contributed by atoms with Gasteiger partial charge >= 0.3 is 0 Å². The van der Waals surface area contributed by atoms with Gasteiger partial charge in [-0.2, -0.15) is 0 Å². The zero-order chi connectivity index (χ0) is 25.1. The molecule has 2 aromatic rings. The number of likely N-dealkylation sites (tertiary alicyclic amines) is 1. The molecule has 2 unspecified atom stereocenters. The lowest BCUT2D eigenvalue weighted by Gasteiger charge is -2.45. The molecule has 36 heavy (non-hydrogen) atoms. The summed E-state index contributed by atoms with van der Waals surface area (Å²) >= 11 is 6.62. The molecule has 3 saturated heterocycles. The van der Waals surface area contributed by atoms with Crippen LogP contribution in [0.2, 0.25) is 5.02 Å². The number of hydrogen-bond donors (Lipinski definition) is 2. The second kappa shape index (κ2) is 9.17. The molecule has 1 spiro atoms. The number of nitrogens with zero attached hydrogens (tertiary/aromatic N) is 2. The molecule has 2 N–H and O–H groups in total. The van der Waals surface area contributed by atoms with E-state index in [1.807, 2.05) is 30.0 Å². The maximum Gasteiger partial charge on any atom is 0.229 e. The van der Waals surface area contributed by atoms with E-state index >= 15 is 4.39 Å². The Labute approximate surface area is 215 Å². The lowest BCUT2D eigenvalue weighted by atomic mass is 9.84. The van der Waals surface area contributed by atoms with E-state index in [-0.39, 0.29) is 36.3 Å². The summed E-state index contributed by atoms with van der Waals surface area (Å²) in [5.41, 5.74) is 0.311. The minimum Gasteiger partial charge on any atom is -0.389 e. The molecular weight excluding hydrogens is 485 g/mol. The van der Waals surface area contributed by atoms with Gasteiger partial charge in [-0.3, -0.25) is 9.69 Å². The Hall–Kier alpha value is -1.84. The summed E-state index contributed by atoms with van der Waals surface area (Å²) in [5, 5.41) is 15.6. The van der Waals surface area contributed by atoms with Crippen LogP contribution in [0.1, 0.15) is 44.1 Å². The van der Waals surface area contributed by atoms with Gasteiger partial charge in [0, 0.05) is 48.2 Å². The number of alkyl halides is 1. The molecule has 4 fully saturated rings. The van der Waals surface area contributed by atoms with Gasteiger partial charge in [0.05, 0.1) is 24.9 Å². The summed E-state index contributed by atoms with van der Waals surface area (Å²) in [4.78, 5) is 19.3. The van der Waals surface area contributed by atoms with Gasteiger partial charge in [-0.1, -0.05) is 11.6 Å². The van der Waals surface area contributed by atoms with Gasteiger partial charge < -0.3 is 19.9 Å². The molecule has 0 bridgehead atoms. The maximum atomic E-state index is 15.5. The SMILES string of the molecule is CC1(N2CC[C@H](c3cc4cc(NC(=O)[C@H]5CC56CCOCC6)ncc4cc3Cl)[C@@H](F)C2)COCC1O. The number of pyridine rings is 1. The molecule has 1 aromatic heterocycles. The number of nitrogens with one attached hydrogen (secondary N) is 1. The third kappa shape index (κ3) is 4.21. The molecule has 6 rings (SSSR count). The molecule has 1 aromatic carbocycles. The number of anilines is 1. The van der Waals surface area contributed by atoms with Crippen molar-refractivity contribution in [2.45, 2.75) is 56.3 Å². The minimum atomic E-state index is -1.12. The Bertz CT molecular complexity index is 1180. The monoisotopic (exact) mass is 517 g/mol. The van der Waals surface area contributed by atoms with E-state index in [1.54, 1.807) is 6.20 Å². The first-order chi connectivity index (χ1) is 17.3. The number of aromatic nitrogens is 1. The summed E-state index contributed by atoms with van der Waals surface area (Å²) in [6, 6.07) is 5.62. The molecule has 1 aliphatic carbocycles. The normalized spacial score (nSPS) is 34.2. The molecule has 5 atom stereocenters. The summed E-state index contributed by atoms with van der Waals surface area (Å²) in [7, 11) is 0. The van der Waals surface area contributed by atoms with Crippen molar-refractivity contribution in [1.82, 2.24) is 9.88 Å². The quantitative estimate of drug-likeness (QED) is 0.639. The van der Waals surface area contributed by atoms with Crippen LogP contribution in [0.3, 0.4) is 0 Å². The van der Waals surface area contributed by atoms with Crippen molar-refractivity contribution in [2.75, 3.05) is 44.8 Å². The Morgan fingerprint density at radius 2 is 2.06 bits per heavy atom. The van der Waals surface area contributed by atoms with Crippen molar-refractivity contribution < 1.29 is 23.8 Å². The summed E-state index contributed by atoms with van der Waals surface area (Å²) in [5.74, 6) is 0.195. The van der Waals surface area contributed by atoms with Gasteiger partial charge in [-0.25, -0.2) is 9.37 Å². The molecule has 1 amide bonds. The van der Waals surface area contributed by atoms with Gasteiger partial charge in [0.25, 0.3) is 0 Å². The van der Waals surface area contributed by atoms with Crippen LogP contribution in [0.4, 0.5) is 10.2 Å². The Kier molecular flexibility index (Phi) is 6.24. The van der Waals surface area contributed by atoms with Crippen LogP contribution in [0.15, 0.2) is 24.4 Å². The minimum absolute atomic E-state index is 0.0145. The third-order valence-electron chi connectivity index (χ3n) is 9.13. The van der Waals surface area contributed by atoms with Crippen LogP contribution in [0, 0.1) is 11.3 Å². The number of fused-ring (bicyclic) bond motifs is 1. The van der Waals surface area contributed by atoms with Crippen LogP contribution in [0.5, 0.6) is 0 Å². The van der Waals surface area contributed by atoms with Crippen molar-refractivity contribution in [3.63, 3.8) is 0 Å². The first-order valence-electron chi connectivity index (χ1n) is 12.9. The number of halogens is 2. The Morgan fingerprint density at radius 1 is 1.25 bits per heavy atom. The summed E-state index contributed by atoms with van der Waals surface area (Å²) < 4.78 is 26.4. The highest BCUT2D eigenvalue weighted by Crippen LogP contribution is 2.59. The van der Waals surface area contributed by atoms with Gasteiger partial charge in [0.15, 0.2) is 0 Å². The summed E-state index contributed by atoms with van der Waals surface area (Å²) in [6.07, 6.45) is 3.34. The number of benzene rings is 1. The second-order valence-electron chi connectivity index (χ2n) is 11.3. The van der Waals surface area contributed by atoms with Crippen molar-refractivity contribution in [3.8, 4) is 0 Å². The topological polar surface area (TPSA) is 83.9 Å². The van der Waals surface area contributed by atoms with Crippen LogP contribution in [0.25, 0.3) is 10.8 Å². The molecule has 7 nitrogen and oxygen atoms in total. The highest BCUT2D eigenvalue weighted by atomic mass is 35.5. The van der Waals surface area contributed by atoms with Crippen LogP contribution < -0.4 is 5.32 Å². The molecule has 0 radical (unpaired) electrons. The van der Waals surface area contributed by atoms with Gasteiger partial charge in [0.2, 0.25) is 5.91 Å². The zero-order valence-electron chi connectivity index (χ0n) is 20.5. The number of aliphatic hydroxyl groups is 1. The number of piperidine rings is 1. The van der Waals surface area contributed by atoms with E-state index in [1.165, 1.54) is 0 Å². The zero-order valence-corrected chi connectivity index (χ0v) is 21.3. The van der Waals surface area contributed by atoms with Gasteiger partial charge in [-0.05, 0) is 73.7 Å². The predicted octanol–water partition coefficient (Wildman–Crippen LogP) is 3.92. The lowest BCUT2D eigenvalue weighted by Crippen LogP contribution is -2.58. The fraction of sp³-hybridized carbons (Fsp3) is 0.630. The van der Waals surface area contributed by atoms with E-state index in [4.69, 9.17) is 21.1 Å². The fourth-order valence-electron chi connectivity index (χ4n) is 6.47. The predicted molar refractivity (Wildman–Crippen MR) is 135 cm³/mol. The van der Waals surface area contributed by atoms with Gasteiger partial charge in [0.1, 0.15) is 12.0 Å². The average molecular weight is 518 g/mol. The molecule has 4 heterocycles. The molecular formula is C27H33ClFN3O4. The van der Waals surface area contributed by atoms with E-state index in [2.05, 4.69) is 10.3 Å². The highest BCUT2D eigenvalue weighted by molar-refractivity contribution is 6.32. The van der Waals surface area contributed by atoms with Crippen molar-refractivity contribution in [1.29, 1.82) is 0 Å². The van der Waals surface area contributed by atoms with E-state index < -0.39 is 17.8 Å². The molecule has 9 heteroatoms. The Morgan fingerprint density at radius 3 is 2.78 bits per heavy atom. The standard InChI is InChI=1S/C27H33ClFN3O4/c1-26(15-36-14-23(26)33)32-5-2-18(22(29)13-32)19-8-16-10-24(30-12-17(16)9-21(19)28)31-25(34)20-11-27(20)3-6-35-7-4-27/h8-10,12,18,20,22-23,33H,2-7,11,13-15H2,1H3,(H,30,31,34)/t18-,20-,22+,23?,26?/m1/s1. The summed E-state index contributed by atoms with van der Waals surface area (Å²) in [6.45, 7) is 4.96. The number of hydrogen-bond acceptors (Lipinski definition) is 6. The number of carbonyl (C=O) groups excluding carboxylic acids is 1. The molecule has 4 aliphatic rings. The molecule has 3 aliphatic heterocycles. The van der Waals surface area contributed by atoms with Crippen molar-refractivity contribution in [3.05, 3.63) is 35.0 Å². The van der Waals surface area contributed by atoms with E-state index in [0.29, 0.717) is 30.4 Å². The fourth-order valence-corrected chi connectivity index (χ4v) is 6.78. The number of amides is 1. The van der Waals surface area contributed by atoms with E-state index in [9.17, 15) is 9.90 Å². The number of ether oxygens (including phenoxy) is 2. The average Bonchev–Trinajstić information content (AvgIpc) is 3.44. The third-order valence-corrected chi connectivity index (χ3v) is 9.46. The van der Waals surface area contributed by atoms with Crippen LogP contribution in [-0.4, -0.2) is 78.2 Å². The number of carbonyl (C=O) groups is 1. The largest absolute Gasteiger partial charge is 0.389 e. The highest BCUT2D eigenvalue weighted by Gasteiger charge is 2.58. The first kappa shape index (κ1) is 24.5. The maximum absolute atomic E-state index is 15.5. The van der Waals surface area contributed by atoms with Crippen molar-refractivity contribution >= 4 is 34.1 Å². The molecule has 194 valence electrons. The molecule has 1 saturated carbocycles.